The number of hydrogen-bond acceptors (Lipinski definition) is 5. The third-order valence-electron chi connectivity index (χ3n) is 2.20. The Labute approximate surface area is 105 Å². The van der Waals surface area contributed by atoms with Gasteiger partial charge < -0.3 is 5.32 Å². The lowest BCUT2D eigenvalue weighted by atomic mass is 10.1. The van der Waals surface area contributed by atoms with Crippen molar-refractivity contribution in [3.8, 4) is 0 Å². The molecule has 1 aliphatic rings. The number of tetrazole rings is 1. The van der Waals surface area contributed by atoms with E-state index in [0.717, 1.165) is 18.0 Å². The number of hydrogen-bond donors (Lipinski definition) is 1. The maximum Gasteiger partial charge on any atom is 0.230 e. The van der Waals surface area contributed by atoms with Crippen molar-refractivity contribution in [1.82, 2.24) is 25.5 Å². The van der Waals surface area contributed by atoms with Gasteiger partial charge in [0, 0.05) is 5.54 Å². The minimum absolute atomic E-state index is 0.00727. The van der Waals surface area contributed by atoms with E-state index in [1.54, 1.807) is 0 Å². The summed E-state index contributed by atoms with van der Waals surface area (Å²) >= 11 is 1.39. The third kappa shape index (κ3) is 3.69. The van der Waals surface area contributed by atoms with Crippen LogP contribution in [0.25, 0.3) is 0 Å². The van der Waals surface area contributed by atoms with Crippen molar-refractivity contribution in [2.24, 2.45) is 0 Å². The van der Waals surface area contributed by atoms with Crippen LogP contribution in [0.1, 0.15) is 39.7 Å². The number of aromatic nitrogens is 4. The lowest BCUT2D eigenvalue weighted by Crippen LogP contribution is -2.41. The summed E-state index contributed by atoms with van der Waals surface area (Å²) in [4.78, 5) is 11.6. The minimum atomic E-state index is -0.194. The second-order valence-corrected chi connectivity index (χ2v) is 6.17. The number of amides is 1. The monoisotopic (exact) mass is 255 g/mol. The zero-order chi connectivity index (χ0) is 12.5. The van der Waals surface area contributed by atoms with Crippen molar-refractivity contribution in [3.63, 3.8) is 0 Å². The van der Waals surface area contributed by atoms with Gasteiger partial charge in [-0.05, 0) is 44.0 Å². The lowest BCUT2D eigenvalue weighted by molar-refractivity contribution is -0.119. The molecule has 1 fully saturated rings. The Hall–Kier alpha value is -1.11. The first-order valence-electron chi connectivity index (χ1n) is 5.67. The van der Waals surface area contributed by atoms with Gasteiger partial charge in [0.2, 0.25) is 11.1 Å². The molecule has 0 spiro atoms. The predicted molar refractivity (Wildman–Crippen MR) is 64.7 cm³/mol. The molecule has 0 saturated heterocycles. The van der Waals surface area contributed by atoms with Crippen LogP contribution in [0.3, 0.4) is 0 Å². The van der Waals surface area contributed by atoms with Crippen LogP contribution in [-0.4, -0.2) is 37.4 Å². The molecule has 1 aromatic heterocycles. The fourth-order valence-corrected chi connectivity index (χ4v) is 2.16. The summed E-state index contributed by atoms with van der Waals surface area (Å²) in [7, 11) is 0. The summed E-state index contributed by atoms with van der Waals surface area (Å²) < 4.78 is 1.81. The molecule has 7 heteroatoms. The Bertz CT molecular complexity index is 407. The van der Waals surface area contributed by atoms with E-state index in [2.05, 4.69) is 20.8 Å². The SMILES string of the molecule is CC(C)(C)NC(=O)CSc1nnnn1C1CC1. The van der Waals surface area contributed by atoms with Crippen molar-refractivity contribution in [2.45, 2.75) is 50.4 Å². The summed E-state index contributed by atoms with van der Waals surface area (Å²) in [5, 5.41) is 15.2. The molecule has 1 aromatic rings. The molecule has 0 radical (unpaired) electrons. The Balaban J connectivity index is 1.85. The molecule has 1 heterocycles. The number of nitrogens with zero attached hydrogens (tertiary/aromatic N) is 4. The van der Waals surface area contributed by atoms with Gasteiger partial charge in [0.25, 0.3) is 0 Å². The van der Waals surface area contributed by atoms with E-state index in [1.165, 1.54) is 11.8 Å². The third-order valence-corrected chi connectivity index (χ3v) is 3.14. The topological polar surface area (TPSA) is 72.7 Å². The van der Waals surface area contributed by atoms with Crippen LogP contribution in [0.5, 0.6) is 0 Å². The van der Waals surface area contributed by atoms with E-state index in [4.69, 9.17) is 0 Å². The first-order valence-corrected chi connectivity index (χ1v) is 6.66. The molecule has 1 N–H and O–H groups in total. The lowest BCUT2D eigenvalue weighted by Gasteiger charge is -2.20. The number of carbonyl (C=O) groups is 1. The standard InChI is InChI=1S/C10H17N5OS/c1-10(2,3)11-8(16)6-17-9-12-13-14-15(9)7-4-5-7/h7H,4-6H2,1-3H3,(H,11,16). The Morgan fingerprint density at radius 2 is 2.24 bits per heavy atom. The van der Waals surface area contributed by atoms with Crippen LogP contribution in [0, 0.1) is 0 Å². The van der Waals surface area contributed by atoms with Gasteiger partial charge in [0.1, 0.15) is 0 Å². The summed E-state index contributed by atoms with van der Waals surface area (Å²) in [6, 6.07) is 0.443. The smallest absolute Gasteiger partial charge is 0.230 e. The molecule has 1 saturated carbocycles. The summed E-state index contributed by atoms with van der Waals surface area (Å²) in [6.45, 7) is 5.89. The van der Waals surface area contributed by atoms with Crippen molar-refractivity contribution < 1.29 is 4.79 Å². The van der Waals surface area contributed by atoms with Crippen molar-refractivity contribution in [3.05, 3.63) is 0 Å². The number of carbonyl (C=O) groups excluding carboxylic acids is 1. The van der Waals surface area contributed by atoms with Crippen LogP contribution in [-0.2, 0) is 4.79 Å². The quantitative estimate of drug-likeness (QED) is 0.813. The second-order valence-electron chi connectivity index (χ2n) is 5.22. The van der Waals surface area contributed by atoms with Gasteiger partial charge in [0.05, 0.1) is 11.8 Å². The normalized spacial score (nSPS) is 15.9. The highest BCUT2D eigenvalue weighted by molar-refractivity contribution is 7.99. The molecule has 0 aliphatic heterocycles. The summed E-state index contributed by atoms with van der Waals surface area (Å²) in [6.07, 6.45) is 2.26. The van der Waals surface area contributed by atoms with Gasteiger partial charge in [-0.2, -0.15) is 0 Å². The Morgan fingerprint density at radius 1 is 1.53 bits per heavy atom. The maximum atomic E-state index is 11.6. The Morgan fingerprint density at radius 3 is 2.82 bits per heavy atom. The Kier molecular flexibility index (Phi) is 3.37. The highest BCUT2D eigenvalue weighted by atomic mass is 32.2. The summed E-state index contributed by atoms with van der Waals surface area (Å²) in [5.74, 6) is 0.359. The van der Waals surface area contributed by atoms with Crippen LogP contribution < -0.4 is 5.32 Å². The zero-order valence-electron chi connectivity index (χ0n) is 10.3. The van der Waals surface area contributed by atoms with Gasteiger partial charge in [-0.25, -0.2) is 4.68 Å². The first kappa shape index (κ1) is 12.3. The van der Waals surface area contributed by atoms with Crippen LogP contribution in [0.2, 0.25) is 0 Å². The number of thioether (sulfide) groups is 1. The zero-order valence-corrected chi connectivity index (χ0v) is 11.1. The number of rotatable bonds is 4. The van der Waals surface area contributed by atoms with Crippen molar-refractivity contribution in [2.75, 3.05) is 5.75 Å². The van der Waals surface area contributed by atoms with Gasteiger partial charge in [-0.3, -0.25) is 4.79 Å². The molecule has 17 heavy (non-hydrogen) atoms. The van der Waals surface area contributed by atoms with Crippen LogP contribution in [0.15, 0.2) is 5.16 Å². The minimum Gasteiger partial charge on any atom is -0.351 e. The van der Waals surface area contributed by atoms with Gasteiger partial charge in [-0.1, -0.05) is 11.8 Å². The van der Waals surface area contributed by atoms with Crippen molar-refractivity contribution >= 4 is 17.7 Å². The van der Waals surface area contributed by atoms with E-state index < -0.39 is 0 Å². The average Bonchev–Trinajstić information content (AvgIpc) is 2.92. The molecule has 94 valence electrons. The molecule has 1 amide bonds. The number of nitrogens with one attached hydrogen (secondary N) is 1. The first-order chi connectivity index (χ1) is 7.96. The molecule has 0 unspecified atom stereocenters. The highest BCUT2D eigenvalue weighted by Gasteiger charge is 2.28. The molecule has 0 atom stereocenters. The second kappa shape index (κ2) is 4.64. The van der Waals surface area contributed by atoms with E-state index in [-0.39, 0.29) is 11.4 Å². The average molecular weight is 255 g/mol. The largest absolute Gasteiger partial charge is 0.351 e. The molecule has 0 bridgehead atoms. The molecule has 0 aromatic carbocycles. The summed E-state index contributed by atoms with van der Waals surface area (Å²) in [5.41, 5.74) is -0.194. The van der Waals surface area contributed by atoms with E-state index in [0.29, 0.717) is 11.8 Å². The fourth-order valence-electron chi connectivity index (χ4n) is 1.41. The molecule has 2 rings (SSSR count). The van der Waals surface area contributed by atoms with Gasteiger partial charge >= 0.3 is 0 Å². The predicted octanol–water partition coefficient (Wildman–Crippen LogP) is 1.01. The van der Waals surface area contributed by atoms with E-state index >= 15 is 0 Å². The van der Waals surface area contributed by atoms with Crippen LogP contribution >= 0.6 is 11.8 Å². The molecular formula is C10H17N5OS. The van der Waals surface area contributed by atoms with Gasteiger partial charge in [-0.15, -0.1) is 5.10 Å². The molecule has 6 nitrogen and oxygen atoms in total. The van der Waals surface area contributed by atoms with E-state index in [1.807, 2.05) is 25.5 Å². The van der Waals surface area contributed by atoms with Crippen LogP contribution in [0.4, 0.5) is 0 Å². The molecule has 1 aliphatic carbocycles. The maximum absolute atomic E-state index is 11.6. The van der Waals surface area contributed by atoms with Gasteiger partial charge in [0.15, 0.2) is 0 Å². The van der Waals surface area contributed by atoms with E-state index in [9.17, 15) is 4.79 Å². The highest BCUT2D eigenvalue weighted by Crippen LogP contribution is 2.36. The fraction of sp³-hybridized carbons (Fsp3) is 0.800. The molecular weight excluding hydrogens is 238 g/mol. The van der Waals surface area contributed by atoms with Crippen molar-refractivity contribution in [1.29, 1.82) is 0 Å².